The number of carbonyl (C=O) groups excluding carboxylic acids is 1. The number of benzene rings is 1. The van der Waals surface area contributed by atoms with Crippen molar-refractivity contribution in [3.05, 3.63) is 63.0 Å². The summed E-state index contributed by atoms with van der Waals surface area (Å²) in [5, 5.41) is 16.3. The molecule has 4 heterocycles. The lowest BCUT2D eigenvalue weighted by atomic mass is 9.92. The Bertz CT molecular complexity index is 1470. The minimum Gasteiger partial charge on any atom is -0.481 e. The summed E-state index contributed by atoms with van der Waals surface area (Å²) in [7, 11) is 0. The summed E-state index contributed by atoms with van der Waals surface area (Å²) in [5.41, 5.74) is 1.35. The van der Waals surface area contributed by atoms with Crippen LogP contribution in [-0.4, -0.2) is 99.6 Å². The zero-order valence-corrected chi connectivity index (χ0v) is 25.1. The number of aromatic nitrogens is 1. The van der Waals surface area contributed by atoms with Crippen molar-refractivity contribution in [3.8, 4) is 0 Å². The topological polar surface area (TPSA) is 111 Å². The minimum atomic E-state index is -0.767. The minimum absolute atomic E-state index is 0.111. The standard InChI is InChI=1S/C29H33FN6O4S2/c1-3-40-26(37)22-21(32-24(25-31-9-12-42-25)33-23(22)19-5-4-6-20(30)17(19)2)15-34-10-11-36-18(13-34)14-35(28(36)41)16-29(7-8-29)27(38)39/h4-6,9,12,18,23H,3,7-8,10-11,13-16H2,1-2H3,(H,32,33)(H,38,39)/t18?,23-/m0/s1. The third-order valence-corrected chi connectivity index (χ3v) is 9.83. The molecule has 1 aromatic heterocycles. The zero-order chi connectivity index (χ0) is 29.6. The lowest BCUT2D eigenvalue weighted by Gasteiger charge is -2.38. The highest BCUT2D eigenvalue weighted by Crippen LogP contribution is 2.47. The molecule has 0 amide bonds. The van der Waals surface area contributed by atoms with E-state index in [0.29, 0.717) is 90.5 Å². The van der Waals surface area contributed by atoms with Crippen LogP contribution in [0.4, 0.5) is 4.39 Å². The number of halogens is 1. The van der Waals surface area contributed by atoms with Crippen molar-refractivity contribution >= 4 is 46.4 Å². The van der Waals surface area contributed by atoms with Crippen molar-refractivity contribution in [2.75, 3.05) is 45.9 Å². The molecule has 3 fully saturated rings. The predicted molar refractivity (Wildman–Crippen MR) is 160 cm³/mol. The highest BCUT2D eigenvalue weighted by atomic mass is 32.1. The number of hydrogen-bond donors (Lipinski definition) is 2. The monoisotopic (exact) mass is 612 g/mol. The molecule has 6 rings (SSSR count). The number of piperazine rings is 1. The van der Waals surface area contributed by atoms with Crippen LogP contribution >= 0.6 is 23.6 Å². The molecule has 1 unspecified atom stereocenters. The summed E-state index contributed by atoms with van der Waals surface area (Å²) >= 11 is 7.19. The van der Waals surface area contributed by atoms with Crippen molar-refractivity contribution in [3.63, 3.8) is 0 Å². The number of carboxylic acid groups (broad SMARTS) is 1. The number of esters is 1. The van der Waals surface area contributed by atoms with Crippen LogP contribution in [0.25, 0.3) is 0 Å². The summed E-state index contributed by atoms with van der Waals surface area (Å²) in [5.74, 6) is -1.09. The Morgan fingerprint density at radius 3 is 2.79 bits per heavy atom. The van der Waals surface area contributed by atoms with Crippen molar-refractivity contribution in [1.82, 2.24) is 25.0 Å². The second-order valence-corrected chi connectivity index (χ2v) is 12.5. The normalized spacial score (nSPS) is 23.4. The van der Waals surface area contributed by atoms with E-state index in [2.05, 4.69) is 20.1 Å². The molecule has 1 aromatic carbocycles. The van der Waals surface area contributed by atoms with E-state index < -0.39 is 23.4 Å². The van der Waals surface area contributed by atoms with E-state index >= 15 is 0 Å². The van der Waals surface area contributed by atoms with Gasteiger partial charge in [-0.1, -0.05) is 12.1 Å². The summed E-state index contributed by atoms with van der Waals surface area (Å²) in [6.45, 7) is 7.24. The highest BCUT2D eigenvalue weighted by molar-refractivity contribution is 7.80. The Hall–Kier alpha value is -3.42. The molecule has 10 nitrogen and oxygen atoms in total. The first-order valence-corrected chi connectivity index (χ1v) is 15.4. The van der Waals surface area contributed by atoms with Gasteiger partial charge in [-0.05, 0) is 56.1 Å². The van der Waals surface area contributed by atoms with Crippen LogP contribution in [0.2, 0.25) is 0 Å². The summed E-state index contributed by atoms with van der Waals surface area (Å²) in [4.78, 5) is 41.1. The number of nitrogens with zero attached hydrogens (tertiary/aromatic N) is 5. The highest BCUT2D eigenvalue weighted by Gasteiger charge is 2.53. The summed E-state index contributed by atoms with van der Waals surface area (Å²) in [6.07, 6.45) is 3.06. The maximum absolute atomic E-state index is 14.7. The van der Waals surface area contributed by atoms with Crippen molar-refractivity contribution in [2.24, 2.45) is 10.4 Å². The molecular formula is C29H33FN6O4S2. The number of thiocarbonyl (C=S) groups is 1. The molecule has 2 N–H and O–H groups in total. The number of aliphatic carboxylic acids is 1. The van der Waals surface area contributed by atoms with Crippen molar-refractivity contribution < 1.29 is 23.8 Å². The second-order valence-electron chi connectivity index (χ2n) is 11.2. The van der Waals surface area contributed by atoms with Gasteiger partial charge in [-0.2, -0.15) is 0 Å². The van der Waals surface area contributed by atoms with Crippen LogP contribution in [0.1, 0.15) is 41.9 Å². The second kappa shape index (κ2) is 11.3. The van der Waals surface area contributed by atoms with E-state index in [1.807, 2.05) is 10.3 Å². The van der Waals surface area contributed by atoms with Crippen LogP contribution in [0, 0.1) is 18.2 Å². The van der Waals surface area contributed by atoms with Gasteiger partial charge in [0.05, 0.1) is 23.6 Å². The molecule has 3 aliphatic heterocycles. The number of amidine groups is 1. The van der Waals surface area contributed by atoms with Crippen LogP contribution in [0.15, 0.2) is 46.0 Å². The average Bonchev–Trinajstić information content (AvgIpc) is 3.41. The fourth-order valence-corrected chi connectivity index (χ4v) is 7.03. The summed E-state index contributed by atoms with van der Waals surface area (Å²) < 4.78 is 20.2. The molecule has 42 heavy (non-hydrogen) atoms. The molecule has 1 aliphatic carbocycles. The molecule has 222 valence electrons. The number of rotatable bonds is 9. The van der Waals surface area contributed by atoms with E-state index in [1.165, 1.54) is 17.4 Å². The van der Waals surface area contributed by atoms with Gasteiger partial charge in [0, 0.05) is 56.5 Å². The average molecular weight is 613 g/mol. The molecule has 1 saturated carbocycles. The maximum Gasteiger partial charge on any atom is 0.338 e. The SMILES string of the molecule is CCOC(=O)C1=C(CN2CCN3C(=S)N(CC4(C(=O)O)CC4)CC3C2)NC(c2nccs2)=N[C@H]1c1cccc(F)c1C. The van der Waals surface area contributed by atoms with Crippen LogP contribution in [-0.2, 0) is 14.3 Å². The molecule has 2 atom stereocenters. The third-order valence-electron chi connectivity index (χ3n) is 8.56. The molecule has 0 radical (unpaired) electrons. The molecule has 2 saturated heterocycles. The van der Waals surface area contributed by atoms with E-state index in [9.17, 15) is 19.1 Å². The smallest absolute Gasteiger partial charge is 0.338 e. The molecule has 0 bridgehead atoms. The lowest BCUT2D eigenvalue weighted by Crippen LogP contribution is -2.53. The fraction of sp³-hybridized carbons (Fsp3) is 0.483. The number of fused-ring (bicyclic) bond motifs is 1. The molecular weight excluding hydrogens is 579 g/mol. The first-order chi connectivity index (χ1) is 20.2. The maximum atomic E-state index is 14.7. The zero-order valence-electron chi connectivity index (χ0n) is 23.5. The van der Waals surface area contributed by atoms with Crippen LogP contribution in [0.5, 0.6) is 0 Å². The van der Waals surface area contributed by atoms with Crippen LogP contribution < -0.4 is 5.32 Å². The van der Waals surface area contributed by atoms with E-state index in [-0.39, 0.29) is 18.5 Å². The Balaban J connectivity index is 1.29. The Labute approximate surface area is 252 Å². The van der Waals surface area contributed by atoms with Gasteiger partial charge in [0.15, 0.2) is 16.0 Å². The van der Waals surface area contributed by atoms with Gasteiger partial charge >= 0.3 is 11.9 Å². The Morgan fingerprint density at radius 1 is 1.29 bits per heavy atom. The number of nitrogens with one attached hydrogen (secondary N) is 1. The first-order valence-electron chi connectivity index (χ1n) is 14.1. The first kappa shape index (κ1) is 28.7. The molecule has 2 aromatic rings. The molecule has 4 aliphatic rings. The van der Waals surface area contributed by atoms with E-state index in [1.54, 1.807) is 32.2 Å². The Kier molecular flexibility index (Phi) is 7.75. The number of carbonyl (C=O) groups is 2. The van der Waals surface area contributed by atoms with Gasteiger partial charge in [0.25, 0.3) is 0 Å². The third kappa shape index (κ3) is 5.29. The van der Waals surface area contributed by atoms with Gasteiger partial charge in [0.2, 0.25) is 0 Å². The van der Waals surface area contributed by atoms with Gasteiger partial charge in [-0.25, -0.2) is 14.2 Å². The van der Waals surface area contributed by atoms with Crippen molar-refractivity contribution in [2.45, 2.75) is 38.8 Å². The van der Waals surface area contributed by atoms with Gasteiger partial charge in [0.1, 0.15) is 11.9 Å². The quantitative estimate of drug-likeness (QED) is 0.324. The summed E-state index contributed by atoms with van der Waals surface area (Å²) in [6, 6.07) is 4.17. The van der Waals surface area contributed by atoms with Crippen molar-refractivity contribution in [1.29, 1.82) is 0 Å². The number of carboxylic acids is 1. The number of thiazole rings is 1. The molecule has 13 heteroatoms. The Morgan fingerprint density at radius 2 is 2.10 bits per heavy atom. The fourth-order valence-electron chi connectivity index (χ4n) is 6.06. The predicted octanol–water partition coefficient (Wildman–Crippen LogP) is 2.95. The van der Waals surface area contributed by atoms with E-state index in [4.69, 9.17) is 21.9 Å². The van der Waals surface area contributed by atoms with Crippen LogP contribution in [0.3, 0.4) is 0 Å². The number of aliphatic imine (C=N–C) groups is 1. The van der Waals surface area contributed by atoms with E-state index in [0.717, 1.165) is 0 Å². The number of ether oxygens (including phenoxy) is 1. The lowest BCUT2D eigenvalue weighted by molar-refractivity contribution is -0.143. The van der Waals surface area contributed by atoms with Gasteiger partial charge < -0.3 is 25.0 Å². The van der Waals surface area contributed by atoms with Gasteiger partial charge in [-0.3, -0.25) is 14.7 Å². The molecule has 0 spiro atoms. The number of hydrogen-bond acceptors (Lipinski definition) is 9. The largest absolute Gasteiger partial charge is 0.481 e. The van der Waals surface area contributed by atoms with Gasteiger partial charge in [-0.15, -0.1) is 11.3 Å².